The largest absolute Gasteiger partial charge is 0.356 e. The Morgan fingerprint density at radius 3 is 2.71 bits per heavy atom. The van der Waals surface area contributed by atoms with Crippen LogP contribution in [0.25, 0.3) is 0 Å². The summed E-state index contributed by atoms with van der Waals surface area (Å²) in [4.78, 5) is 18.1. The van der Waals surface area contributed by atoms with E-state index in [1.165, 1.54) is 5.69 Å². The molecule has 2 rings (SSSR count). The molecule has 0 unspecified atom stereocenters. The summed E-state index contributed by atoms with van der Waals surface area (Å²) in [6.07, 6.45) is 5.82. The summed E-state index contributed by atoms with van der Waals surface area (Å²) in [5.74, 6) is 0.882. The van der Waals surface area contributed by atoms with Crippen molar-refractivity contribution in [3.63, 3.8) is 0 Å². The van der Waals surface area contributed by atoms with Crippen LogP contribution >= 0.6 is 0 Å². The number of rotatable bonds is 7. The van der Waals surface area contributed by atoms with E-state index in [1.807, 2.05) is 38.6 Å². The van der Waals surface area contributed by atoms with Gasteiger partial charge in [0.15, 0.2) is 5.96 Å². The van der Waals surface area contributed by atoms with Gasteiger partial charge in [0.1, 0.15) is 0 Å². The van der Waals surface area contributed by atoms with Crippen LogP contribution in [0.15, 0.2) is 52.5 Å². The number of aromatic nitrogens is 2. The molecule has 0 spiro atoms. The zero-order valence-electron chi connectivity index (χ0n) is 14.8. The average Bonchev–Trinajstić information content (AvgIpc) is 2.97. The summed E-state index contributed by atoms with van der Waals surface area (Å²) in [6.45, 7) is 2.40. The standard InChI is InChI=1S/C18H27N5O/c1-19-18(22(3)15-16-9-8-12-21(16)2)20-11-5-7-14-23-13-6-4-10-17(23)24/h4,6,8-10,12-13H,5,7,11,14-15H2,1-3H3,(H,19,20). The predicted octanol–water partition coefficient (Wildman–Crippen LogP) is 1.67. The first-order valence-corrected chi connectivity index (χ1v) is 8.29. The van der Waals surface area contributed by atoms with E-state index in [-0.39, 0.29) is 5.56 Å². The van der Waals surface area contributed by atoms with Gasteiger partial charge in [-0.2, -0.15) is 0 Å². The van der Waals surface area contributed by atoms with Crippen LogP contribution in [0.5, 0.6) is 0 Å². The molecule has 0 bridgehead atoms. The van der Waals surface area contributed by atoms with Crippen molar-refractivity contribution in [3.05, 3.63) is 58.8 Å². The van der Waals surface area contributed by atoms with Gasteiger partial charge in [-0.25, -0.2) is 0 Å². The van der Waals surface area contributed by atoms with Gasteiger partial charge in [-0.15, -0.1) is 0 Å². The van der Waals surface area contributed by atoms with E-state index in [0.717, 1.165) is 38.4 Å². The SMILES string of the molecule is CN=C(NCCCCn1ccccc1=O)N(C)Cc1cccn1C. The summed E-state index contributed by atoms with van der Waals surface area (Å²) < 4.78 is 3.86. The number of aryl methyl sites for hydroxylation is 2. The van der Waals surface area contributed by atoms with E-state index in [1.54, 1.807) is 23.7 Å². The van der Waals surface area contributed by atoms with Crippen LogP contribution in [0.1, 0.15) is 18.5 Å². The Kier molecular flexibility index (Phi) is 6.66. The molecule has 0 aromatic carbocycles. The lowest BCUT2D eigenvalue weighted by Gasteiger charge is -2.22. The van der Waals surface area contributed by atoms with E-state index in [2.05, 4.69) is 25.8 Å². The van der Waals surface area contributed by atoms with Crippen LogP contribution in [0.2, 0.25) is 0 Å². The van der Waals surface area contributed by atoms with Crippen LogP contribution in [-0.2, 0) is 20.1 Å². The molecule has 0 aliphatic heterocycles. The maximum atomic E-state index is 11.6. The summed E-state index contributed by atoms with van der Waals surface area (Å²) in [5.41, 5.74) is 1.30. The van der Waals surface area contributed by atoms with Gasteiger partial charge in [-0.1, -0.05) is 6.07 Å². The van der Waals surface area contributed by atoms with Gasteiger partial charge in [0.2, 0.25) is 5.56 Å². The molecule has 0 atom stereocenters. The first-order valence-electron chi connectivity index (χ1n) is 8.29. The third kappa shape index (κ3) is 5.01. The van der Waals surface area contributed by atoms with Crippen molar-refractivity contribution in [2.24, 2.45) is 12.0 Å². The Hall–Kier alpha value is -2.50. The van der Waals surface area contributed by atoms with Crippen molar-refractivity contribution in [1.82, 2.24) is 19.4 Å². The Morgan fingerprint density at radius 1 is 1.21 bits per heavy atom. The third-order valence-electron chi connectivity index (χ3n) is 4.03. The second kappa shape index (κ2) is 8.96. The number of pyridine rings is 1. The van der Waals surface area contributed by atoms with E-state index < -0.39 is 0 Å². The molecule has 130 valence electrons. The lowest BCUT2D eigenvalue weighted by Crippen LogP contribution is -2.39. The number of hydrogen-bond acceptors (Lipinski definition) is 2. The molecule has 2 aromatic heterocycles. The van der Waals surface area contributed by atoms with E-state index in [9.17, 15) is 4.79 Å². The minimum absolute atomic E-state index is 0.0589. The van der Waals surface area contributed by atoms with Crippen molar-refractivity contribution in [2.75, 3.05) is 20.6 Å². The molecule has 2 aromatic rings. The minimum Gasteiger partial charge on any atom is -0.356 e. The highest BCUT2D eigenvalue weighted by Crippen LogP contribution is 2.03. The molecule has 0 saturated heterocycles. The van der Waals surface area contributed by atoms with Gasteiger partial charge in [0.25, 0.3) is 0 Å². The second-order valence-corrected chi connectivity index (χ2v) is 5.88. The zero-order chi connectivity index (χ0) is 17.4. The molecule has 0 aliphatic rings. The quantitative estimate of drug-likeness (QED) is 0.478. The first kappa shape index (κ1) is 17.8. The molecular formula is C18H27N5O. The highest BCUT2D eigenvalue weighted by molar-refractivity contribution is 5.79. The van der Waals surface area contributed by atoms with Crippen LogP contribution in [0.3, 0.4) is 0 Å². The van der Waals surface area contributed by atoms with E-state index in [0.29, 0.717) is 0 Å². The molecule has 6 heteroatoms. The zero-order valence-corrected chi connectivity index (χ0v) is 14.8. The van der Waals surface area contributed by atoms with Crippen LogP contribution in [0, 0.1) is 0 Å². The van der Waals surface area contributed by atoms with Crippen molar-refractivity contribution in [1.29, 1.82) is 0 Å². The van der Waals surface area contributed by atoms with Crippen LogP contribution in [0.4, 0.5) is 0 Å². The smallest absolute Gasteiger partial charge is 0.250 e. The van der Waals surface area contributed by atoms with Crippen molar-refractivity contribution >= 4 is 5.96 Å². The van der Waals surface area contributed by atoms with E-state index >= 15 is 0 Å². The highest BCUT2D eigenvalue weighted by Gasteiger charge is 2.07. The summed E-state index contributed by atoms with van der Waals surface area (Å²) in [6, 6.07) is 9.41. The van der Waals surface area contributed by atoms with Gasteiger partial charge in [0, 0.05) is 58.4 Å². The van der Waals surface area contributed by atoms with Gasteiger partial charge < -0.3 is 19.4 Å². The number of hydrogen-bond donors (Lipinski definition) is 1. The average molecular weight is 329 g/mol. The van der Waals surface area contributed by atoms with Gasteiger partial charge in [0.05, 0.1) is 6.54 Å². The van der Waals surface area contributed by atoms with Crippen molar-refractivity contribution in [3.8, 4) is 0 Å². The Morgan fingerprint density at radius 2 is 2.04 bits per heavy atom. The molecule has 0 amide bonds. The Bertz CT molecular complexity index is 716. The number of unbranched alkanes of at least 4 members (excludes halogenated alkanes) is 1. The molecule has 0 fully saturated rings. The number of nitrogens with one attached hydrogen (secondary N) is 1. The molecule has 0 radical (unpaired) electrons. The molecule has 6 nitrogen and oxygen atoms in total. The second-order valence-electron chi connectivity index (χ2n) is 5.88. The summed E-state index contributed by atoms with van der Waals surface area (Å²) >= 11 is 0. The fourth-order valence-electron chi connectivity index (χ4n) is 2.62. The monoisotopic (exact) mass is 329 g/mol. The van der Waals surface area contributed by atoms with Crippen LogP contribution < -0.4 is 10.9 Å². The van der Waals surface area contributed by atoms with Gasteiger partial charge in [-0.3, -0.25) is 9.79 Å². The highest BCUT2D eigenvalue weighted by atomic mass is 16.1. The molecular weight excluding hydrogens is 302 g/mol. The predicted molar refractivity (Wildman–Crippen MR) is 98.2 cm³/mol. The fraction of sp³-hybridized carbons (Fsp3) is 0.444. The van der Waals surface area contributed by atoms with Crippen molar-refractivity contribution in [2.45, 2.75) is 25.9 Å². The molecule has 1 N–H and O–H groups in total. The van der Waals surface area contributed by atoms with Gasteiger partial charge >= 0.3 is 0 Å². The normalized spacial score (nSPS) is 11.5. The summed E-state index contributed by atoms with van der Waals surface area (Å²) in [5, 5.41) is 3.38. The maximum absolute atomic E-state index is 11.6. The molecule has 0 saturated carbocycles. The maximum Gasteiger partial charge on any atom is 0.250 e. The topological polar surface area (TPSA) is 54.6 Å². The Labute approximate surface area is 143 Å². The third-order valence-corrected chi connectivity index (χ3v) is 4.03. The lowest BCUT2D eigenvalue weighted by atomic mass is 10.3. The number of aliphatic imine (C=N–C) groups is 1. The molecule has 24 heavy (non-hydrogen) atoms. The minimum atomic E-state index is 0.0589. The fourth-order valence-corrected chi connectivity index (χ4v) is 2.62. The van der Waals surface area contributed by atoms with Crippen molar-refractivity contribution < 1.29 is 0 Å². The summed E-state index contributed by atoms with van der Waals surface area (Å²) in [7, 11) is 5.88. The number of guanidine groups is 1. The lowest BCUT2D eigenvalue weighted by molar-refractivity contribution is 0.459. The molecule has 2 heterocycles. The Balaban J connectivity index is 1.73. The van der Waals surface area contributed by atoms with Gasteiger partial charge in [-0.05, 0) is 31.0 Å². The number of nitrogens with zero attached hydrogens (tertiary/aromatic N) is 4. The van der Waals surface area contributed by atoms with E-state index in [4.69, 9.17) is 0 Å². The first-order chi connectivity index (χ1) is 11.6. The van der Waals surface area contributed by atoms with Crippen LogP contribution in [-0.4, -0.2) is 40.6 Å². The molecule has 0 aliphatic carbocycles.